The average molecular weight is 322 g/mol. The van der Waals surface area contributed by atoms with Crippen LogP contribution in [0.2, 0.25) is 0 Å². The molecule has 5 nitrogen and oxygen atoms in total. The smallest absolute Gasteiger partial charge is 0.261 e. The zero-order valence-corrected chi connectivity index (χ0v) is 13.3. The summed E-state index contributed by atoms with van der Waals surface area (Å²) in [7, 11) is 0. The summed E-state index contributed by atoms with van der Waals surface area (Å²) in [6, 6.07) is 7.65. The molecule has 24 heavy (non-hydrogen) atoms. The van der Waals surface area contributed by atoms with Crippen molar-refractivity contribution >= 4 is 28.2 Å². The fourth-order valence-electron chi connectivity index (χ4n) is 3.41. The maximum Gasteiger partial charge on any atom is 0.261 e. The number of pyridine rings is 1. The molecule has 2 aliphatic rings. The van der Waals surface area contributed by atoms with Crippen LogP contribution in [0.25, 0.3) is 16.3 Å². The first kappa shape index (κ1) is 15.0. The zero-order valence-electron chi connectivity index (χ0n) is 13.3. The minimum Gasteiger partial charge on any atom is -0.381 e. The van der Waals surface area contributed by atoms with Crippen LogP contribution < -0.4 is 0 Å². The van der Waals surface area contributed by atoms with E-state index in [2.05, 4.69) is 4.98 Å². The van der Waals surface area contributed by atoms with Gasteiger partial charge in [0.1, 0.15) is 0 Å². The summed E-state index contributed by atoms with van der Waals surface area (Å²) in [5.74, 6) is -0.0983. The summed E-state index contributed by atoms with van der Waals surface area (Å²) < 4.78 is 5.35. The van der Waals surface area contributed by atoms with Crippen LogP contribution in [0.3, 0.4) is 0 Å². The van der Waals surface area contributed by atoms with Crippen molar-refractivity contribution in [2.75, 3.05) is 19.8 Å². The summed E-state index contributed by atoms with van der Waals surface area (Å²) in [6.45, 7) is 1.89. The lowest BCUT2D eigenvalue weighted by molar-refractivity contribution is -0.137. The molecular weight excluding hydrogens is 304 g/mol. The van der Waals surface area contributed by atoms with Crippen molar-refractivity contribution in [2.45, 2.75) is 12.8 Å². The first-order valence-corrected chi connectivity index (χ1v) is 8.22. The molecule has 1 aromatic heterocycles. The molecule has 3 heterocycles. The van der Waals surface area contributed by atoms with E-state index in [1.165, 1.54) is 11.0 Å². The number of rotatable bonds is 3. The van der Waals surface area contributed by atoms with Crippen LogP contribution in [0.5, 0.6) is 0 Å². The molecular formula is C19H18N2O3. The van der Waals surface area contributed by atoms with E-state index >= 15 is 0 Å². The molecule has 5 heteroatoms. The van der Waals surface area contributed by atoms with Crippen LogP contribution >= 0.6 is 0 Å². The first-order valence-electron chi connectivity index (χ1n) is 8.22. The van der Waals surface area contributed by atoms with Gasteiger partial charge in [-0.2, -0.15) is 0 Å². The molecule has 0 aliphatic carbocycles. The van der Waals surface area contributed by atoms with Gasteiger partial charge in [-0.25, -0.2) is 0 Å². The Hall–Kier alpha value is -2.53. The Kier molecular flexibility index (Phi) is 3.86. The minimum absolute atomic E-state index is 0.206. The fraction of sp³-hybridized carbons (Fsp3) is 0.316. The highest BCUT2D eigenvalue weighted by Gasteiger charge is 2.34. The van der Waals surface area contributed by atoms with E-state index in [9.17, 15) is 9.59 Å². The second-order valence-electron chi connectivity index (χ2n) is 6.27. The van der Waals surface area contributed by atoms with Gasteiger partial charge in [-0.05, 0) is 35.8 Å². The highest BCUT2D eigenvalue weighted by atomic mass is 16.5. The third kappa shape index (κ3) is 2.61. The van der Waals surface area contributed by atoms with E-state index in [-0.39, 0.29) is 11.8 Å². The summed E-state index contributed by atoms with van der Waals surface area (Å²) in [6.07, 6.45) is 6.71. The molecule has 0 atom stereocenters. The van der Waals surface area contributed by atoms with Gasteiger partial charge in [0.05, 0.1) is 5.57 Å². The number of benzene rings is 1. The Labute approximate surface area is 139 Å². The van der Waals surface area contributed by atoms with E-state index in [4.69, 9.17) is 4.74 Å². The molecule has 0 unspecified atom stereocenters. The van der Waals surface area contributed by atoms with Crippen molar-refractivity contribution in [2.24, 2.45) is 5.92 Å². The number of carbonyl (C=O) groups is 2. The molecule has 1 aromatic carbocycles. The number of carbonyl (C=O) groups excluding carboxylic acids is 2. The van der Waals surface area contributed by atoms with Crippen LogP contribution in [-0.2, 0) is 14.3 Å². The third-order valence-corrected chi connectivity index (χ3v) is 4.76. The third-order valence-electron chi connectivity index (χ3n) is 4.76. The van der Waals surface area contributed by atoms with Crippen LogP contribution in [0.1, 0.15) is 18.4 Å². The van der Waals surface area contributed by atoms with Gasteiger partial charge in [0.25, 0.3) is 11.8 Å². The first-order chi connectivity index (χ1) is 11.7. The van der Waals surface area contributed by atoms with Crippen molar-refractivity contribution in [3.63, 3.8) is 0 Å². The highest BCUT2D eigenvalue weighted by molar-refractivity contribution is 6.34. The van der Waals surface area contributed by atoms with Gasteiger partial charge in [-0.3, -0.25) is 19.5 Å². The molecule has 2 amide bonds. The number of hydrogen-bond acceptors (Lipinski definition) is 4. The fourth-order valence-corrected chi connectivity index (χ4v) is 3.41. The maximum atomic E-state index is 12.8. The summed E-state index contributed by atoms with van der Waals surface area (Å²) in [4.78, 5) is 30.7. The van der Waals surface area contributed by atoms with Crippen LogP contribution in [0.15, 0.2) is 42.7 Å². The molecule has 1 saturated heterocycles. The van der Waals surface area contributed by atoms with E-state index < -0.39 is 0 Å². The number of aromatic nitrogens is 1. The van der Waals surface area contributed by atoms with Crippen molar-refractivity contribution in [3.05, 3.63) is 48.3 Å². The Morgan fingerprint density at radius 2 is 2.00 bits per heavy atom. The highest BCUT2D eigenvalue weighted by Crippen LogP contribution is 2.30. The monoisotopic (exact) mass is 322 g/mol. The van der Waals surface area contributed by atoms with Gasteiger partial charge in [0.2, 0.25) is 0 Å². The summed E-state index contributed by atoms with van der Waals surface area (Å²) in [5.41, 5.74) is 1.24. The molecule has 0 spiro atoms. The van der Waals surface area contributed by atoms with E-state index in [0.29, 0.717) is 31.2 Å². The summed E-state index contributed by atoms with van der Waals surface area (Å²) in [5, 5.41) is 1.90. The SMILES string of the molecule is O=C1C=C(c2cccc3ccncc23)C(=O)N1CC1CCOCC1. The molecule has 0 radical (unpaired) electrons. The number of hydrogen-bond donors (Lipinski definition) is 0. The van der Waals surface area contributed by atoms with E-state index in [1.54, 1.807) is 12.4 Å². The van der Waals surface area contributed by atoms with Gasteiger partial charge in [0.15, 0.2) is 0 Å². The van der Waals surface area contributed by atoms with Crippen LogP contribution in [0, 0.1) is 5.92 Å². The number of imide groups is 1. The largest absolute Gasteiger partial charge is 0.381 e. The minimum atomic E-state index is -0.220. The molecule has 1 fully saturated rings. The lowest BCUT2D eigenvalue weighted by atomic mass is 9.98. The average Bonchev–Trinajstić information content (AvgIpc) is 2.90. The molecule has 2 aromatic rings. The molecule has 2 aliphatic heterocycles. The van der Waals surface area contributed by atoms with Gasteiger partial charge in [-0.15, -0.1) is 0 Å². The number of fused-ring (bicyclic) bond motifs is 1. The Balaban J connectivity index is 1.63. The molecule has 0 N–H and O–H groups in total. The standard InChI is InChI=1S/C19H18N2O3/c22-18-10-16(15-3-1-2-14-4-7-20-11-17(14)15)19(23)21(18)12-13-5-8-24-9-6-13/h1-4,7,10-11,13H,5-6,8-9,12H2. The Bertz CT molecular complexity index is 832. The zero-order chi connectivity index (χ0) is 16.5. The predicted molar refractivity (Wildman–Crippen MR) is 90.0 cm³/mol. The Morgan fingerprint density at radius 3 is 2.83 bits per heavy atom. The topological polar surface area (TPSA) is 59.5 Å². The maximum absolute atomic E-state index is 12.8. The lowest BCUT2D eigenvalue weighted by Gasteiger charge is -2.26. The van der Waals surface area contributed by atoms with Gasteiger partial charge < -0.3 is 4.74 Å². The molecule has 122 valence electrons. The van der Waals surface area contributed by atoms with Crippen molar-refractivity contribution < 1.29 is 14.3 Å². The quantitative estimate of drug-likeness (QED) is 0.814. The number of amides is 2. The van der Waals surface area contributed by atoms with Crippen molar-refractivity contribution in [1.29, 1.82) is 0 Å². The van der Waals surface area contributed by atoms with Crippen molar-refractivity contribution in [1.82, 2.24) is 9.88 Å². The van der Waals surface area contributed by atoms with E-state index in [0.717, 1.165) is 29.2 Å². The summed E-state index contributed by atoms with van der Waals surface area (Å²) >= 11 is 0. The van der Waals surface area contributed by atoms with Crippen molar-refractivity contribution in [3.8, 4) is 0 Å². The molecule has 0 saturated carbocycles. The molecule has 4 rings (SSSR count). The second-order valence-corrected chi connectivity index (χ2v) is 6.27. The van der Waals surface area contributed by atoms with Gasteiger partial charge in [0, 0.05) is 43.6 Å². The van der Waals surface area contributed by atoms with Crippen LogP contribution in [0.4, 0.5) is 0 Å². The second kappa shape index (κ2) is 6.17. The van der Waals surface area contributed by atoms with Gasteiger partial charge in [-0.1, -0.05) is 18.2 Å². The van der Waals surface area contributed by atoms with Crippen LogP contribution in [-0.4, -0.2) is 41.5 Å². The Morgan fingerprint density at radius 1 is 1.17 bits per heavy atom. The normalized spacial score (nSPS) is 19.2. The number of ether oxygens (including phenoxy) is 1. The molecule has 0 bridgehead atoms. The van der Waals surface area contributed by atoms with Gasteiger partial charge >= 0.3 is 0 Å². The lowest BCUT2D eigenvalue weighted by Crippen LogP contribution is -2.37. The van der Waals surface area contributed by atoms with E-state index in [1.807, 2.05) is 24.3 Å². The predicted octanol–water partition coefficient (Wildman–Crippen LogP) is 2.41. The number of nitrogens with zero attached hydrogens (tertiary/aromatic N) is 2.